The fraction of sp³-hybridized carbons (Fsp3) is 0.524. The Kier molecular flexibility index (Phi) is 7.24. The number of amides is 1. The van der Waals surface area contributed by atoms with Gasteiger partial charge in [-0.05, 0) is 62.9 Å². The van der Waals surface area contributed by atoms with Crippen LogP contribution in [0.5, 0.6) is 5.75 Å². The zero-order valence-corrected chi connectivity index (χ0v) is 17.1. The van der Waals surface area contributed by atoms with Gasteiger partial charge in [0.1, 0.15) is 5.75 Å². The lowest BCUT2D eigenvalue weighted by atomic mass is 9.99. The number of aromatic nitrogens is 1. The zero-order valence-electron chi connectivity index (χ0n) is 16.2. The molecule has 0 aliphatic carbocycles. The molecule has 0 radical (unpaired) electrons. The van der Waals surface area contributed by atoms with Gasteiger partial charge in [0.15, 0.2) is 5.13 Å². The average Bonchev–Trinajstić information content (AvgIpc) is 3.07. The van der Waals surface area contributed by atoms with E-state index in [2.05, 4.69) is 27.5 Å². The van der Waals surface area contributed by atoms with Gasteiger partial charge in [-0.1, -0.05) is 19.1 Å². The maximum Gasteiger partial charge on any atom is 0.226 e. The van der Waals surface area contributed by atoms with Crippen LogP contribution in [0.1, 0.15) is 43.9 Å². The topological polar surface area (TPSA) is 54.5 Å². The van der Waals surface area contributed by atoms with Crippen LogP contribution in [0.15, 0.2) is 29.6 Å². The van der Waals surface area contributed by atoms with Gasteiger partial charge in [-0.25, -0.2) is 4.98 Å². The number of nitrogens with zero attached hydrogens (tertiary/aromatic N) is 2. The molecular weight excluding hydrogens is 358 g/mol. The highest BCUT2D eigenvalue weighted by atomic mass is 32.1. The molecule has 0 atom stereocenters. The Morgan fingerprint density at radius 1 is 1.37 bits per heavy atom. The number of likely N-dealkylation sites (tertiary alicyclic amines) is 1. The third-order valence-corrected chi connectivity index (χ3v) is 5.67. The molecule has 3 rings (SSSR count). The highest BCUT2D eigenvalue weighted by molar-refractivity contribution is 7.13. The van der Waals surface area contributed by atoms with Crippen LogP contribution in [0.2, 0.25) is 0 Å². The highest BCUT2D eigenvalue weighted by Crippen LogP contribution is 2.21. The maximum absolute atomic E-state index is 12.1. The van der Waals surface area contributed by atoms with Crippen molar-refractivity contribution in [2.45, 2.75) is 46.1 Å². The largest absolute Gasteiger partial charge is 0.494 e. The van der Waals surface area contributed by atoms with E-state index in [1.807, 2.05) is 31.2 Å². The van der Waals surface area contributed by atoms with E-state index in [1.165, 1.54) is 29.7 Å². The van der Waals surface area contributed by atoms with E-state index in [-0.39, 0.29) is 5.91 Å². The summed E-state index contributed by atoms with van der Waals surface area (Å²) in [6.45, 7) is 8.05. The van der Waals surface area contributed by atoms with E-state index in [9.17, 15) is 4.79 Å². The van der Waals surface area contributed by atoms with Crippen LogP contribution in [-0.2, 0) is 11.3 Å². The van der Waals surface area contributed by atoms with Crippen molar-refractivity contribution < 1.29 is 9.53 Å². The Balaban J connectivity index is 1.35. The number of thiazole rings is 1. The summed E-state index contributed by atoms with van der Waals surface area (Å²) in [5.74, 6) is 1.68. The molecule has 1 saturated heterocycles. The summed E-state index contributed by atoms with van der Waals surface area (Å²) in [5, 5.41) is 5.65. The van der Waals surface area contributed by atoms with E-state index >= 15 is 0 Å². The second-order valence-electron chi connectivity index (χ2n) is 7.42. The number of nitrogens with one attached hydrogen (secondary N) is 1. The molecule has 146 valence electrons. The van der Waals surface area contributed by atoms with Gasteiger partial charge in [0, 0.05) is 18.3 Å². The second-order valence-corrected chi connectivity index (χ2v) is 8.28. The Labute approximate surface area is 165 Å². The van der Waals surface area contributed by atoms with Crippen molar-refractivity contribution in [1.29, 1.82) is 0 Å². The molecule has 1 aromatic carbocycles. The molecule has 0 bridgehead atoms. The molecule has 1 fully saturated rings. The van der Waals surface area contributed by atoms with Crippen LogP contribution in [0, 0.1) is 12.8 Å². The Morgan fingerprint density at radius 3 is 2.96 bits per heavy atom. The first-order chi connectivity index (χ1) is 13.1. The van der Waals surface area contributed by atoms with Crippen molar-refractivity contribution >= 4 is 22.4 Å². The zero-order chi connectivity index (χ0) is 19.1. The second kappa shape index (κ2) is 9.85. The predicted molar refractivity (Wildman–Crippen MR) is 110 cm³/mol. The number of benzene rings is 1. The van der Waals surface area contributed by atoms with Crippen molar-refractivity contribution in [3.05, 3.63) is 40.9 Å². The van der Waals surface area contributed by atoms with Gasteiger partial charge in [-0.2, -0.15) is 0 Å². The van der Waals surface area contributed by atoms with Crippen molar-refractivity contribution in [1.82, 2.24) is 9.88 Å². The quantitative estimate of drug-likeness (QED) is 0.679. The van der Waals surface area contributed by atoms with Crippen molar-refractivity contribution in [3.63, 3.8) is 0 Å². The van der Waals surface area contributed by atoms with Crippen LogP contribution in [-0.4, -0.2) is 35.5 Å². The molecule has 5 nitrogen and oxygen atoms in total. The molecule has 2 heterocycles. The van der Waals surface area contributed by atoms with Crippen LogP contribution in [0.25, 0.3) is 0 Å². The van der Waals surface area contributed by atoms with E-state index in [1.54, 1.807) is 0 Å². The number of carbonyl (C=O) groups is 1. The fourth-order valence-electron chi connectivity index (χ4n) is 3.20. The van der Waals surface area contributed by atoms with Crippen LogP contribution >= 0.6 is 11.3 Å². The first-order valence-electron chi connectivity index (χ1n) is 9.74. The first kappa shape index (κ1) is 19.8. The van der Waals surface area contributed by atoms with Gasteiger partial charge in [-0.3, -0.25) is 9.69 Å². The number of carbonyl (C=O) groups excluding carboxylic acids is 1. The number of rotatable bonds is 8. The summed E-state index contributed by atoms with van der Waals surface area (Å²) >= 11 is 1.50. The first-order valence-corrected chi connectivity index (χ1v) is 10.6. The summed E-state index contributed by atoms with van der Waals surface area (Å²) in [6.07, 6.45) is 3.64. The van der Waals surface area contributed by atoms with Gasteiger partial charge in [0.05, 0.1) is 12.3 Å². The van der Waals surface area contributed by atoms with Crippen LogP contribution < -0.4 is 10.1 Å². The minimum atomic E-state index is -0.00413. The average molecular weight is 388 g/mol. The molecule has 1 aromatic heterocycles. The molecule has 1 N–H and O–H groups in total. The molecule has 6 heteroatoms. The monoisotopic (exact) mass is 387 g/mol. The van der Waals surface area contributed by atoms with Crippen molar-refractivity contribution in [2.24, 2.45) is 5.92 Å². The molecule has 1 aliphatic rings. The number of piperidine rings is 1. The fourth-order valence-corrected chi connectivity index (χ4v) is 3.91. The lowest BCUT2D eigenvalue weighted by Crippen LogP contribution is -2.32. The molecular formula is C21H29N3O2S. The summed E-state index contributed by atoms with van der Waals surface area (Å²) in [5.41, 5.74) is 2.22. The van der Waals surface area contributed by atoms with Gasteiger partial charge in [0.25, 0.3) is 0 Å². The molecule has 0 saturated carbocycles. The number of anilines is 1. The summed E-state index contributed by atoms with van der Waals surface area (Å²) < 4.78 is 5.69. The van der Waals surface area contributed by atoms with Gasteiger partial charge >= 0.3 is 0 Å². The van der Waals surface area contributed by atoms with Crippen LogP contribution in [0.4, 0.5) is 5.13 Å². The van der Waals surface area contributed by atoms with E-state index in [0.29, 0.717) is 24.6 Å². The minimum Gasteiger partial charge on any atom is -0.494 e. The Bertz CT molecular complexity index is 739. The molecule has 2 aromatic rings. The normalized spacial score (nSPS) is 15.6. The lowest BCUT2D eigenvalue weighted by Gasteiger charge is -2.29. The molecule has 0 unspecified atom stereocenters. The van der Waals surface area contributed by atoms with Crippen molar-refractivity contribution in [3.8, 4) is 5.75 Å². The molecule has 1 aliphatic heterocycles. The lowest BCUT2D eigenvalue weighted by molar-refractivity contribution is -0.116. The third kappa shape index (κ3) is 6.63. The van der Waals surface area contributed by atoms with E-state index < -0.39 is 0 Å². The van der Waals surface area contributed by atoms with E-state index in [0.717, 1.165) is 37.0 Å². The number of ether oxygens (including phenoxy) is 1. The third-order valence-electron chi connectivity index (χ3n) is 4.87. The number of hydrogen-bond donors (Lipinski definition) is 1. The highest BCUT2D eigenvalue weighted by Gasteiger charge is 2.17. The SMILES string of the molecule is Cc1cccc(OCCCC(=O)Nc2nc(CN3CCC(C)CC3)cs2)c1. The minimum absolute atomic E-state index is 0.00413. The molecule has 1 amide bonds. The summed E-state index contributed by atoms with van der Waals surface area (Å²) in [7, 11) is 0. The number of hydrogen-bond acceptors (Lipinski definition) is 5. The summed E-state index contributed by atoms with van der Waals surface area (Å²) in [6, 6.07) is 7.95. The van der Waals surface area contributed by atoms with Crippen molar-refractivity contribution in [2.75, 3.05) is 25.0 Å². The standard InChI is InChI=1S/C21H29N3O2S/c1-16-8-10-24(11-9-16)14-18-15-27-21(22-18)23-20(25)7-4-12-26-19-6-3-5-17(2)13-19/h3,5-6,13,15-16H,4,7-12,14H2,1-2H3,(H,22,23,25). The van der Waals surface area contributed by atoms with Gasteiger partial charge in [-0.15, -0.1) is 11.3 Å². The molecule has 27 heavy (non-hydrogen) atoms. The van der Waals surface area contributed by atoms with Crippen LogP contribution in [0.3, 0.4) is 0 Å². The molecule has 0 spiro atoms. The van der Waals surface area contributed by atoms with E-state index in [4.69, 9.17) is 4.74 Å². The smallest absolute Gasteiger partial charge is 0.226 e. The summed E-state index contributed by atoms with van der Waals surface area (Å²) in [4.78, 5) is 19.1. The predicted octanol–water partition coefficient (Wildman–Crippen LogP) is 4.48. The Hall–Kier alpha value is -1.92. The van der Waals surface area contributed by atoms with Gasteiger partial charge in [0.2, 0.25) is 5.91 Å². The Morgan fingerprint density at radius 2 is 2.19 bits per heavy atom. The van der Waals surface area contributed by atoms with Gasteiger partial charge < -0.3 is 10.1 Å². The maximum atomic E-state index is 12.1. The number of aryl methyl sites for hydroxylation is 1.